The predicted octanol–water partition coefficient (Wildman–Crippen LogP) is 3.64. The Morgan fingerprint density at radius 3 is 2.32 bits per heavy atom. The molecular weight excluding hydrogens is 523 g/mol. The highest BCUT2D eigenvalue weighted by molar-refractivity contribution is 6.58. The second-order valence-electron chi connectivity index (χ2n) is 9.50. The van der Waals surface area contributed by atoms with Crippen molar-refractivity contribution in [1.29, 1.82) is 0 Å². The molecule has 3 aromatic carbocycles. The zero-order valence-electron chi connectivity index (χ0n) is 23.4. The molecule has 0 aromatic heterocycles. The minimum atomic E-state index is -1.54. The van der Waals surface area contributed by atoms with Gasteiger partial charge in [0, 0.05) is 5.69 Å². The van der Waals surface area contributed by atoms with E-state index in [0.29, 0.717) is 23.1 Å². The van der Waals surface area contributed by atoms with E-state index in [1.807, 2.05) is 44.2 Å². The van der Waals surface area contributed by atoms with Crippen molar-refractivity contribution in [3.8, 4) is 0 Å². The molecule has 4 N–H and O–H groups in total. The van der Waals surface area contributed by atoms with Gasteiger partial charge >= 0.3 is 19.2 Å². The van der Waals surface area contributed by atoms with Crippen LogP contribution in [-0.2, 0) is 32.1 Å². The van der Waals surface area contributed by atoms with Crippen molar-refractivity contribution in [2.45, 2.75) is 46.3 Å². The smallest absolute Gasteiger partial charge is 0.466 e. The summed E-state index contributed by atoms with van der Waals surface area (Å²) in [4.78, 5) is 37.4. The maximum Gasteiger partial charge on any atom is 0.488 e. The molecular formula is C31H35BN2O7. The fraction of sp³-hybridized carbons (Fsp3) is 0.258. The van der Waals surface area contributed by atoms with Gasteiger partial charge in [-0.15, -0.1) is 0 Å². The average molecular weight is 558 g/mol. The van der Waals surface area contributed by atoms with E-state index in [-0.39, 0.29) is 25.5 Å². The lowest BCUT2D eigenvalue weighted by Gasteiger charge is -2.19. The average Bonchev–Trinajstić information content (AvgIpc) is 2.93. The molecule has 1 atom stereocenters. The van der Waals surface area contributed by atoms with Gasteiger partial charge in [-0.3, -0.25) is 9.59 Å². The van der Waals surface area contributed by atoms with Gasteiger partial charge in [0.05, 0.1) is 19.1 Å². The van der Waals surface area contributed by atoms with Gasteiger partial charge in [0.1, 0.15) is 6.61 Å². The summed E-state index contributed by atoms with van der Waals surface area (Å²) in [5, 5.41) is 24.4. The van der Waals surface area contributed by atoms with Crippen molar-refractivity contribution in [2.75, 3.05) is 11.9 Å². The number of rotatable bonds is 12. The summed E-state index contributed by atoms with van der Waals surface area (Å²) in [7, 11) is -1.54. The van der Waals surface area contributed by atoms with Crippen LogP contribution in [0.4, 0.5) is 10.5 Å². The molecule has 3 rings (SSSR count). The zero-order chi connectivity index (χ0) is 29.8. The second kappa shape index (κ2) is 15.4. The van der Waals surface area contributed by atoms with E-state index >= 15 is 0 Å². The molecule has 3 aromatic rings. The summed E-state index contributed by atoms with van der Waals surface area (Å²) in [6.07, 6.45) is 2.85. The second-order valence-corrected chi connectivity index (χ2v) is 9.50. The summed E-state index contributed by atoms with van der Waals surface area (Å²) in [6.45, 7) is 5.75. The predicted molar refractivity (Wildman–Crippen MR) is 157 cm³/mol. The molecule has 1 unspecified atom stereocenters. The number of esters is 1. The Kier molecular flexibility index (Phi) is 11.7. The van der Waals surface area contributed by atoms with Gasteiger partial charge < -0.3 is 30.2 Å². The maximum absolute atomic E-state index is 12.6. The maximum atomic E-state index is 12.6. The molecule has 0 radical (unpaired) electrons. The fourth-order valence-corrected chi connectivity index (χ4v) is 4.34. The summed E-state index contributed by atoms with van der Waals surface area (Å²) < 4.78 is 10.4. The van der Waals surface area contributed by atoms with Crippen LogP contribution in [0.1, 0.15) is 47.2 Å². The summed E-state index contributed by atoms with van der Waals surface area (Å²) in [6, 6.07) is 18.8. The van der Waals surface area contributed by atoms with Gasteiger partial charge in [-0.1, -0.05) is 60.7 Å². The van der Waals surface area contributed by atoms with E-state index in [2.05, 4.69) is 10.6 Å². The van der Waals surface area contributed by atoms with Gasteiger partial charge in [-0.2, -0.15) is 0 Å². The van der Waals surface area contributed by atoms with Crippen molar-refractivity contribution in [3.05, 3.63) is 107 Å². The SMILES string of the molecule is CCOC(=O)CC(NC(=O)OCc1ccccc1)c1cccc(NC(=O)C=CCc2c(C)cc(B(O)O)cc2C)c1. The number of ether oxygens (including phenoxy) is 2. The number of carbonyl (C=O) groups is 3. The van der Waals surface area contributed by atoms with Gasteiger partial charge in [0.25, 0.3) is 0 Å². The Labute approximate surface area is 240 Å². The van der Waals surface area contributed by atoms with E-state index < -0.39 is 25.2 Å². The van der Waals surface area contributed by atoms with Crippen LogP contribution in [0.3, 0.4) is 0 Å². The molecule has 10 heteroatoms. The Hall–Kier alpha value is -4.41. The van der Waals surface area contributed by atoms with Crippen molar-refractivity contribution in [2.24, 2.45) is 0 Å². The number of allylic oxidation sites excluding steroid dienone is 1. The van der Waals surface area contributed by atoms with Crippen LogP contribution < -0.4 is 16.1 Å². The highest BCUT2D eigenvalue weighted by atomic mass is 16.5. The first-order valence-corrected chi connectivity index (χ1v) is 13.3. The minimum Gasteiger partial charge on any atom is -0.466 e. The van der Waals surface area contributed by atoms with E-state index in [0.717, 1.165) is 22.3 Å². The molecule has 9 nitrogen and oxygen atoms in total. The third kappa shape index (κ3) is 9.93. The lowest BCUT2D eigenvalue weighted by Crippen LogP contribution is -2.31. The first kappa shape index (κ1) is 31.1. The largest absolute Gasteiger partial charge is 0.488 e. The van der Waals surface area contributed by atoms with Gasteiger partial charge in [0.15, 0.2) is 0 Å². The Balaban J connectivity index is 1.66. The lowest BCUT2D eigenvalue weighted by molar-refractivity contribution is -0.143. The Morgan fingerprint density at radius 1 is 0.951 bits per heavy atom. The molecule has 0 saturated heterocycles. The van der Waals surface area contributed by atoms with E-state index in [4.69, 9.17) is 9.47 Å². The number of carbonyl (C=O) groups excluding carboxylic acids is 3. The monoisotopic (exact) mass is 558 g/mol. The summed E-state index contributed by atoms with van der Waals surface area (Å²) >= 11 is 0. The number of nitrogens with one attached hydrogen (secondary N) is 2. The van der Waals surface area contributed by atoms with Crippen molar-refractivity contribution < 1.29 is 33.9 Å². The molecule has 214 valence electrons. The zero-order valence-corrected chi connectivity index (χ0v) is 23.4. The van der Waals surface area contributed by atoms with Crippen LogP contribution in [0.2, 0.25) is 0 Å². The van der Waals surface area contributed by atoms with Gasteiger partial charge in [-0.25, -0.2) is 4.79 Å². The normalized spacial score (nSPS) is 11.5. The molecule has 0 aliphatic heterocycles. The summed E-state index contributed by atoms with van der Waals surface area (Å²) in [5.74, 6) is -0.831. The molecule has 2 amide bonds. The number of hydrogen-bond acceptors (Lipinski definition) is 7. The van der Waals surface area contributed by atoms with E-state index in [1.165, 1.54) is 6.08 Å². The van der Waals surface area contributed by atoms with Crippen molar-refractivity contribution in [1.82, 2.24) is 5.32 Å². The Bertz CT molecular complexity index is 1350. The lowest BCUT2D eigenvalue weighted by atomic mass is 9.77. The molecule has 0 heterocycles. The number of amides is 2. The highest BCUT2D eigenvalue weighted by Crippen LogP contribution is 2.22. The molecule has 41 heavy (non-hydrogen) atoms. The quantitative estimate of drug-likeness (QED) is 0.152. The number of aryl methyl sites for hydroxylation is 2. The molecule has 0 spiro atoms. The van der Waals surface area contributed by atoms with Crippen molar-refractivity contribution >= 4 is 36.2 Å². The standard InChI is InChI=1S/C31H35BN2O7/c1-4-40-30(36)19-28(34-31(37)41-20-23-10-6-5-7-11-23)24-12-8-13-26(18-24)33-29(35)15-9-14-27-21(2)16-25(32(38)39)17-22(27)3/h5-13,15-18,28,38-39H,4,14,19-20H2,1-3H3,(H,33,35)(H,34,37). The Morgan fingerprint density at radius 2 is 1.66 bits per heavy atom. The van der Waals surface area contributed by atoms with Gasteiger partial charge in [0.2, 0.25) is 5.91 Å². The van der Waals surface area contributed by atoms with Crippen LogP contribution in [-0.4, -0.2) is 41.7 Å². The van der Waals surface area contributed by atoms with Gasteiger partial charge in [-0.05, 0) is 78.7 Å². The molecule has 0 bridgehead atoms. The molecule has 0 saturated carbocycles. The summed E-state index contributed by atoms with van der Waals surface area (Å²) in [5.41, 5.74) is 5.11. The number of alkyl carbamates (subject to hydrolysis) is 1. The first-order chi connectivity index (χ1) is 19.7. The number of anilines is 1. The van der Waals surface area contributed by atoms with Crippen LogP contribution in [0.25, 0.3) is 0 Å². The topological polar surface area (TPSA) is 134 Å². The molecule has 0 aliphatic carbocycles. The highest BCUT2D eigenvalue weighted by Gasteiger charge is 2.21. The third-order valence-electron chi connectivity index (χ3n) is 6.35. The third-order valence-corrected chi connectivity index (χ3v) is 6.35. The molecule has 0 aliphatic rings. The van der Waals surface area contributed by atoms with Crippen LogP contribution in [0, 0.1) is 13.8 Å². The number of hydrogen-bond donors (Lipinski definition) is 4. The van der Waals surface area contributed by atoms with E-state index in [1.54, 1.807) is 49.4 Å². The van der Waals surface area contributed by atoms with Crippen LogP contribution >= 0.6 is 0 Å². The van der Waals surface area contributed by atoms with Crippen LogP contribution in [0.15, 0.2) is 78.9 Å². The van der Waals surface area contributed by atoms with E-state index in [9.17, 15) is 24.4 Å². The fourth-order valence-electron chi connectivity index (χ4n) is 4.34. The first-order valence-electron chi connectivity index (χ1n) is 13.3. The van der Waals surface area contributed by atoms with Crippen LogP contribution in [0.5, 0.6) is 0 Å². The van der Waals surface area contributed by atoms with Crippen molar-refractivity contribution in [3.63, 3.8) is 0 Å². The minimum absolute atomic E-state index is 0.0772. The molecule has 0 fully saturated rings. The number of benzene rings is 3.